The summed E-state index contributed by atoms with van der Waals surface area (Å²) in [6, 6.07) is 17.8. The molecule has 0 fully saturated rings. The third-order valence-corrected chi connectivity index (χ3v) is 4.89. The SMILES string of the molecule is CCc1ccccc1N/C=C(\C#N)c1nc(-c2ccc(Cl)cc2)cs1. The minimum atomic E-state index is 0.510. The minimum Gasteiger partial charge on any atom is -0.360 e. The highest BCUT2D eigenvalue weighted by molar-refractivity contribution is 7.11. The number of nitriles is 1. The number of thiazole rings is 1. The first-order valence-corrected chi connectivity index (χ1v) is 9.13. The van der Waals surface area contributed by atoms with E-state index >= 15 is 0 Å². The molecule has 2 aromatic carbocycles. The Morgan fingerprint density at radius 1 is 1.24 bits per heavy atom. The molecule has 0 spiro atoms. The summed E-state index contributed by atoms with van der Waals surface area (Å²) in [7, 11) is 0. The van der Waals surface area contributed by atoms with E-state index in [9.17, 15) is 5.26 Å². The third kappa shape index (κ3) is 4.08. The molecule has 3 rings (SSSR count). The van der Waals surface area contributed by atoms with Gasteiger partial charge in [0, 0.05) is 27.9 Å². The largest absolute Gasteiger partial charge is 0.360 e. The number of rotatable bonds is 5. The summed E-state index contributed by atoms with van der Waals surface area (Å²) < 4.78 is 0. The molecule has 3 aromatic rings. The van der Waals surface area contributed by atoms with Gasteiger partial charge in [0.05, 0.1) is 5.69 Å². The van der Waals surface area contributed by atoms with Crippen LogP contribution in [-0.2, 0) is 6.42 Å². The van der Waals surface area contributed by atoms with Gasteiger partial charge in [-0.1, -0.05) is 48.9 Å². The zero-order chi connectivity index (χ0) is 17.6. The molecule has 0 aliphatic carbocycles. The lowest BCUT2D eigenvalue weighted by Crippen LogP contribution is -1.95. The molecule has 1 aromatic heterocycles. The number of halogens is 1. The van der Waals surface area contributed by atoms with Crippen LogP contribution in [0.4, 0.5) is 5.69 Å². The summed E-state index contributed by atoms with van der Waals surface area (Å²) in [6.45, 7) is 2.11. The van der Waals surface area contributed by atoms with Gasteiger partial charge in [-0.25, -0.2) is 4.98 Å². The molecule has 124 valence electrons. The van der Waals surface area contributed by atoms with E-state index in [1.54, 1.807) is 6.20 Å². The maximum atomic E-state index is 9.49. The van der Waals surface area contributed by atoms with Crippen LogP contribution in [-0.4, -0.2) is 4.98 Å². The second-order valence-electron chi connectivity index (χ2n) is 5.37. The summed E-state index contributed by atoms with van der Waals surface area (Å²) >= 11 is 7.37. The second-order valence-corrected chi connectivity index (χ2v) is 6.66. The van der Waals surface area contributed by atoms with E-state index in [1.165, 1.54) is 16.9 Å². The number of para-hydroxylation sites is 1. The van der Waals surface area contributed by atoms with Crippen molar-refractivity contribution in [2.24, 2.45) is 0 Å². The predicted octanol–water partition coefficient (Wildman–Crippen LogP) is 6.00. The fraction of sp³-hybridized carbons (Fsp3) is 0.100. The lowest BCUT2D eigenvalue weighted by atomic mass is 10.1. The maximum absolute atomic E-state index is 9.49. The van der Waals surface area contributed by atoms with Gasteiger partial charge < -0.3 is 5.32 Å². The van der Waals surface area contributed by atoms with E-state index in [4.69, 9.17) is 11.6 Å². The zero-order valence-electron chi connectivity index (χ0n) is 13.7. The maximum Gasteiger partial charge on any atom is 0.136 e. The summed E-state index contributed by atoms with van der Waals surface area (Å²) in [6.07, 6.45) is 2.65. The Kier molecular flexibility index (Phi) is 5.49. The molecule has 25 heavy (non-hydrogen) atoms. The quantitative estimate of drug-likeness (QED) is 0.564. The van der Waals surface area contributed by atoms with Gasteiger partial charge in [-0.2, -0.15) is 5.26 Å². The number of nitrogens with one attached hydrogen (secondary N) is 1. The smallest absolute Gasteiger partial charge is 0.136 e. The van der Waals surface area contributed by atoms with E-state index in [0.29, 0.717) is 15.6 Å². The van der Waals surface area contributed by atoms with Crippen molar-refractivity contribution in [3.8, 4) is 17.3 Å². The van der Waals surface area contributed by atoms with Crippen molar-refractivity contribution < 1.29 is 0 Å². The van der Waals surface area contributed by atoms with Crippen LogP contribution in [0.3, 0.4) is 0 Å². The monoisotopic (exact) mass is 365 g/mol. The zero-order valence-corrected chi connectivity index (χ0v) is 15.2. The van der Waals surface area contributed by atoms with Crippen LogP contribution in [0.25, 0.3) is 16.8 Å². The third-order valence-electron chi connectivity index (χ3n) is 3.77. The number of benzene rings is 2. The van der Waals surface area contributed by atoms with Gasteiger partial charge in [-0.05, 0) is 30.2 Å². The first-order chi connectivity index (χ1) is 12.2. The highest BCUT2D eigenvalue weighted by atomic mass is 35.5. The topological polar surface area (TPSA) is 48.7 Å². The molecule has 3 nitrogen and oxygen atoms in total. The average Bonchev–Trinajstić information content (AvgIpc) is 3.13. The lowest BCUT2D eigenvalue weighted by molar-refractivity contribution is 1.14. The number of aryl methyl sites for hydroxylation is 1. The average molecular weight is 366 g/mol. The van der Waals surface area contributed by atoms with E-state index in [-0.39, 0.29) is 0 Å². The second kappa shape index (κ2) is 7.98. The summed E-state index contributed by atoms with van der Waals surface area (Å²) in [5.41, 5.74) is 4.54. The van der Waals surface area contributed by atoms with Crippen molar-refractivity contribution in [3.05, 3.63) is 75.7 Å². The molecule has 0 saturated carbocycles. The number of anilines is 1. The highest BCUT2D eigenvalue weighted by Gasteiger charge is 2.09. The summed E-state index contributed by atoms with van der Waals surface area (Å²) in [5, 5.41) is 16.1. The van der Waals surface area contributed by atoms with Crippen LogP contribution < -0.4 is 5.32 Å². The number of hydrogen-bond acceptors (Lipinski definition) is 4. The summed E-state index contributed by atoms with van der Waals surface area (Å²) in [5.74, 6) is 0. The van der Waals surface area contributed by atoms with Gasteiger partial charge >= 0.3 is 0 Å². The summed E-state index contributed by atoms with van der Waals surface area (Å²) in [4.78, 5) is 4.58. The van der Waals surface area contributed by atoms with Gasteiger partial charge in [-0.3, -0.25) is 0 Å². The van der Waals surface area contributed by atoms with Crippen molar-refractivity contribution >= 4 is 34.2 Å². The molecule has 0 unspecified atom stereocenters. The van der Waals surface area contributed by atoms with Gasteiger partial charge in [0.15, 0.2) is 0 Å². The fourth-order valence-corrected chi connectivity index (χ4v) is 3.33. The van der Waals surface area contributed by atoms with Crippen LogP contribution in [0.5, 0.6) is 0 Å². The fourth-order valence-electron chi connectivity index (χ4n) is 2.41. The standard InChI is InChI=1S/C20H16ClN3S/c1-2-14-5-3-4-6-18(14)23-12-16(11-22)20-24-19(13-25-20)15-7-9-17(21)10-8-15/h3-10,12-13,23H,2H2,1H3/b16-12+. The Morgan fingerprint density at radius 2 is 2.00 bits per heavy atom. The van der Waals surface area contributed by atoms with E-state index in [0.717, 1.165) is 23.4 Å². The minimum absolute atomic E-state index is 0.510. The molecule has 0 radical (unpaired) electrons. The molecule has 0 amide bonds. The molecular formula is C20H16ClN3S. The van der Waals surface area contributed by atoms with Crippen LogP contribution in [0.2, 0.25) is 5.02 Å². The first kappa shape index (κ1) is 17.2. The van der Waals surface area contributed by atoms with E-state index < -0.39 is 0 Å². The predicted molar refractivity (Wildman–Crippen MR) is 106 cm³/mol. The van der Waals surface area contributed by atoms with Gasteiger partial charge in [0.2, 0.25) is 0 Å². The van der Waals surface area contributed by atoms with Gasteiger partial charge in [0.1, 0.15) is 16.6 Å². The van der Waals surface area contributed by atoms with Crippen LogP contribution in [0, 0.1) is 11.3 Å². The molecule has 1 heterocycles. The Morgan fingerprint density at radius 3 is 2.72 bits per heavy atom. The molecule has 1 N–H and O–H groups in total. The van der Waals surface area contributed by atoms with Gasteiger partial charge in [0.25, 0.3) is 0 Å². The Labute approximate surface area is 156 Å². The van der Waals surface area contributed by atoms with E-state index in [1.807, 2.05) is 47.8 Å². The number of allylic oxidation sites excluding steroid dienone is 1. The first-order valence-electron chi connectivity index (χ1n) is 7.88. The van der Waals surface area contributed by atoms with Crippen molar-refractivity contribution in [1.29, 1.82) is 5.26 Å². The molecular weight excluding hydrogens is 350 g/mol. The normalized spacial score (nSPS) is 11.2. The number of hydrogen-bond donors (Lipinski definition) is 1. The van der Waals surface area contributed by atoms with Crippen LogP contribution in [0.15, 0.2) is 60.1 Å². The molecule has 0 bridgehead atoms. The van der Waals surface area contributed by atoms with Crippen molar-refractivity contribution in [3.63, 3.8) is 0 Å². The highest BCUT2D eigenvalue weighted by Crippen LogP contribution is 2.27. The molecule has 0 aliphatic heterocycles. The van der Waals surface area contributed by atoms with Crippen molar-refractivity contribution in [2.75, 3.05) is 5.32 Å². The van der Waals surface area contributed by atoms with Crippen LogP contribution in [0.1, 0.15) is 17.5 Å². The van der Waals surface area contributed by atoms with Crippen molar-refractivity contribution in [1.82, 2.24) is 4.98 Å². The molecule has 0 aliphatic rings. The van der Waals surface area contributed by atoms with Gasteiger partial charge in [-0.15, -0.1) is 11.3 Å². The van der Waals surface area contributed by atoms with Crippen LogP contribution >= 0.6 is 22.9 Å². The molecule has 5 heteroatoms. The Bertz CT molecular complexity index is 936. The molecule has 0 atom stereocenters. The lowest BCUT2D eigenvalue weighted by Gasteiger charge is -2.07. The Balaban J connectivity index is 1.84. The number of aromatic nitrogens is 1. The van der Waals surface area contributed by atoms with Crippen molar-refractivity contribution in [2.45, 2.75) is 13.3 Å². The Hall–Kier alpha value is -2.61. The molecule has 0 saturated heterocycles. The number of nitrogens with zero attached hydrogens (tertiary/aromatic N) is 2. The van der Waals surface area contributed by atoms with E-state index in [2.05, 4.69) is 29.4 Å².